The molecule has 0 aliphatic heterocycles. The Morgan fingerprint density at radius 2 is 1.89 bits per heavy atom. The number of halogens is 1. The van der Waals surface area contributed by atoms with E-state index in [0.717, 1.165) is 41.6 Å². The molecule has 0 aromatic carbocycles. The molecular formula is C25H24ClN5O3S. The first-order valence-corrected chi connectivity index (χ1v) is 12.5. The van der Waals surface area contributed by atoms with E-state index >= 15 is 0 Å². The molecule has 4 aromatic rings. The number of anilines is 1. The quantitative estimate of drug-likeness (QED) is 0.347. The van der Waals surface area contributed by atoms with Gasteiger partial charge in [0.1, 0.15) is 10.9 Å². The largest absolute Gasteiger partial charge is 0.494 e. The Morgan fingerprint density at radius 1 is 1.09 bits per heavy atom. The average Bonchev–Trinajstić information content (AvgIpc) is 3.25. The number of aromatic nitrogens is 4. The fourth-order valence-corrected chi connectivity index (χ4v) is 5.47. The number of aliphatic hydroxyl groups excluding tert-OH is 1. The second-order valence-corrected chi connectivity index (χ2v) is 10.1. The zero-order valence-corrected chi connectivity index (χ0v) is 20.9. The number of carbonyl (C=O) groups excluding carboxylic acids is 1. The third kappa shape index (κ3) is 4.98. The van der Waals surface area contributed by atoms with Crippen molar-refractivity contribution in [1.29, 1.82) is 0 Å². The number of aryl methyl sites for hydroxylation is 1. The lowest BCUT2D eigenvalue weighted by molar-refractivity contribution is 0.102. The van der Waals surface area contributed by atoms with Gasteiger partial charge in [-0.3, -0.25) is 15.1 Å². The van der Waals surface area contributed by atoms with Gasteiger partial charge in [0.2, 0.25) is 0 Å². The van der Waals surface area contributed by atoms with E-state index in [4.69, 9.17) is 16.3 Å². The van der Waals surface area contributed by atoms with E-state index in [9.17, 15) is 9.90 Å². The molecule has 5 rings (SSSR count). The molecule has 0 radical (unpaired) electrons. The first-order chi connectivity index (χ1) is 16.9. The van der Waals surface area contributed by atoms with Crippen LogP contribution in [0.25, 0.3) is 21.5 Å². The predicted molar refractivity (Wildman–Crippen MR) is 136 cm³/mol. The van der Waals surface area contributed by atoms with Gasteiger partial charge in [-0.15, -0.1) is 0 Å². The minimum absolute atomic E-state index is 0.197. The van der Waals surface area contributed by atoms with E-state index in [1.165, 1.54) is 23.7 Å². The summed E-state index contributed by atoms with van der Waals surface area (Å²) in [7, 11) is 1.54. The van der Waals surface area contributed by atoms with Crippen LogP contribution in [0.1, 0.15) is 53.2 Å². The van der Waals surface area contributed by atoms with Crippen molar-refractivity contribution in [2.24, 2.45) is 0 Å². The van der Waals surface area contributed by atoms with Gasteiger partial charge in [0.15, 0.2) is 10.8 Å². The normalized spacial score (nSPS) is 17.9. The number of carbonyl (C=O) groups is 1. The Kier molecular flexibility index (Phi) is 6.64. The van der Waals surface area contributed by atoms with Gasteiger partial charge in [-0.05, 0) is 62.3 Å². The van der Waals surface area contributed by atoms with Crippen molar-refractivity contribution in [2.45, 2.75) is 44.6 Å². The summed E-state index contributed by atoms with van der Waals surface area (Å²) in [5, 5.41) is 13.4. The third-order valence-electron chi connectivity index (χ3n) is 6.29. The molecule has 1 amide bonds. The molecule has 180 valence electrons. The number of pyridine rings is 3. The van der Waals surface area contributed by atoms with Crippen LogP contribution in [0.15, 0.2) is 36.8 Å². The lowest BCUT2D eigenvalue weighted by Crippen LogP contribution is -2.16. The van der Waals surface area contributed by atoms with E-state index in [1.54, 1.807) is 13.2 Å². The summed E-state index contributed by atoms with van der Waals surface area (Å²) in [5.41, 5.74) is 4.14. The highest BCUT2D eigenvalue weighted by Crippen LogP contribution is 2.36. The van der Waals surface area contributed by atoms with Crippen LogP contribution in [-0.4, -0.2) is 44.2 Å². The molecule has 2 N–H and O–H groups in total. The van der Waals surface area contributed by atoms with Gasteiger partial charge in [-0.1, -0.05) is 22.9 Å². The second kappa shape index (κ2) is 9.85. The molecule has 1 fully saturated rings. The van der Waals surface area contributed by atoms with Gasteiger partial charge in [0, 0.05) is 29.2 Å². The summed E-state index contributed by atoms with van der Waals surface area (Å²) in [6, 6.07) is 5.58. The fourth-order valence-electron chi connectivity index (χ4n) is 4.44. The fraction of sp³-hybridized carbons (Fsp3) is 0.320. The molecular weight excluding hydrogens is 486 g/mol. The number of thiazole rings is 1. The minimum atomic E-state index is -0.344. The number of methoxy groups -OCH3 is 1. The molecule has 35 heavy (non-hydrogen) atoms. The minimum Gasteiger partial charge on any atom is -0.494 e. The average molecular weight is 510 g/mol. The lowest BCUT2D eigenvalue weighted by atomic mass is 9.83. The number of rotatable bonds is 5. The van der Waals surface area contributed by atoms with Crippen LogP contribution in [0.2, 0.25) is 5.15 Å². The number of nitrogens with zero attached hydrogens (tertiary/aromatic N) is 4. The van der Waals surface area contributed by atoms with Gasteiger partial charge in [-0.25, -0.2) is 9.97 Å². The Hall–Kier alpha value is -3.14. The highest BCUT2D eigenvalue weighted by molar-refractivity contribution is 7.22. The molecule has 4 heterocycles. The van der Waals surface area contributed by atoms with E-state index in [2.05, 4.69) is 31.3 Å². The number of hydrogen-bond donors (Lipinski definition) is 2. The monoisotopic (exact) mass is 509 g/mol. The zero-order valence-electron chi connectivity index (χ0n) is 19.3. The van der Waals surface area contributed by atoms with Crippen LogP contribution in [0.3, 0.4) is 0 Å². The lowest BCUT2D eigenvalue weighted by Gasteiger charge is -2.25. The summed E-state index contributed by atoms with van der Waals surface area (Å²) in [5.74, 6) is 0.544. The summed E-state index contributed by atoms with van der Waals surface area (Å²) < 4.78 is 6.36. The van der Waals surface area contributed by atoms with Gasteiger partial charge < -0.3 is 9.84 Å². The third-order valence-corrected chi connectivity index (χ3v) is 7.40. The van der Waals surface area contributed by atoms with E-state index < -0.39 is 0 Å². The maximum absolute atomic E-state index is 13.3. The molecule has 0 atom stereocenters. The van der Waals surface area contributed by atoms with E-state index in [-0.39, 0.29) is 12.0 Å². The molecule has 0 unspecified atom stereocenters. The van der Waals surface area contributed by atoms with Crippen molar-refractivity contribution >= 4 is 44.3 Å². The van der Waals surface area contributed by atoms with E-state index in [1.807, 2.05) is 19.2 Å². The van der Waals surface area contributed by atoms with E-state index in [0.29, 0.717) is 44.3 Å². The van der Waals surface area contributed by atoms with Crippen LogP contribution in [0.4, 0.5) is 5.13 Å². The molecule has 1 aliphatic carbocycles. The smallest absolute Gasteiger partial charge is 0.259 e. The Labute approximate surface area is 211 Å². The predicted octanol–water partition coefficient (Wildman–Crippen LogP) is 5.39. The highest BCUT2D eigenvalue weighted by Gasteiger charge is 2.23. The second-order valence-electron chi connectivity index (χ2n) is 8.65. The van der Waals surface area contributed by atoms with Crippen LogP contribution in [0, 0.1) is 6.92 Å². The summed E-state index contributed by atoms with van der Waals surface area (Å²) in [4.78, 5) is 30.7. The highest BCUT2D eigenvalue weighted by atomic mass is 35.5. The van der Waals surface area contributed by atoms with Crippen molar-refractivity contribution in [2.75, 3.05) is 12.4 Å². The van der Waals surface area contributed by atoms with Crippen molar-refractivity contribution in [3.05, 3.63) is 58.8 Å². The van der Waals surface area contributed by atoms with Crippen LogP contribution in [0.5, 0.6) is 5.75 Å². The maximum atomic E-state index is 13.3. The molecule has 4 aromatic heterocycles. The van der Waals surface area contributed by atoms with Gasteiger partial charge >= 0.3 is 0 Å². The maximum Gasteiger partial charge on any atom is 0.259 e. The number of nitrogens with one attached hydrogen (secondary N) is 1. The van der Waals surface area contributed by atoms with Crippen molar-refractivity contribution < 1.29 is 14.6 Å². The summed E-state index contributed by atoms with van der Waals surface area (Å²) in [6.45, 7) is 1.85. The molecule has 0 bridgehead atoms. The van der Waals surface area contributed by atoms with Gasteiger partial charge in [0.25, 0.3) is 5.91 Å². The SMILES string of the molecule is COc1cnc(Cl)cc1-c1cc(C)ncc1C(=O)Nc1nc2ncc(C3CCC(O)CC3)cc2s1. The topological polar surface area (TPSA) is 110 Å². The van der Waals surface area contributed by atoms with Crippen LogP contribution < -0.4 is 10.1 Å². The standard InChI is InChI=1S/C25H24ClN5O3S/c1-13-7-17(18-9-22(26)28-12-20(18)34-2)19(11-27-13)24(33)31-25-30-23-21(35-25)8-15(10-29-23)14-3-5-16(32)6-4-14/h7-12,14,16,32H,3-6H2,1-2H3,(H,29,30,31,33). The molecule has 1 aliphatic rings. The summed E-state index contributed by atoms with van der Waals surface area (Å²) >= 11 is 7.52. The number of fused-ring (bicyclic) bond motifs is 1. The van der Waals surface area contributed by atoms with Gasteiger partial charge in [0.05, 0.1) is 29.7 Å². The van der Waals surface area contributed by atoms with Crippen molar-refractivity contribution in [3.8, 4) is 16.9 Å². The van der Waals surface area contributed by atoms with Crippen LogP contribution >= 0.6 is 22.9 Å². The van der Waals surface area contributed by atoms with Crippen molar-refractivity contribution in [3.63, 3.8) is 0 Å². The first kappa shape index (κ1) is 23.6. The zero-order chi connectivity index (χ0) is 24.5. The molecule has 10 heteroatoms. The number of amides is 1. The number of hydrogen-bond acceptors (Lipinski definition) is 8. The Morgan fingerprint density at radius 3 is 2.66 bits per heavy atom. The Balaban J connectivity index is 1.43. The van der Waals surface area contributed by atoms with Crippen LogP contribution in [-0.2, 0) is 0 Å². The first-order valence-electron chi connectivity index (χ1n) is 11.3. The number of ether oxygens (including phenoxy) is 1. The molecule has 0 saturated heterocycles. The molecule has 0 spiro atoms. The number of aliphatic hydroxyl groups is 1. The molecule has 8 nitrogen and oxygen atoms in total. The molecule has 1 saturated carbocycles. The Bertz CT molecular complexity index is 1400. The van der Waals surface area contributed by atoms with Gasteiger partial charge in [-0.2, -0.15) is 4.98 Å². The van der Waals surface area contributed by atoms with Crippen molar-refractivity contribution in [1.82, 2.24) is 19.9 Å². The summed E-state index contributed by atoms with van der Waals surface area (Å²) in [6.07, 6.45) is 8.24.